The van der Waals surface area contributed by atoms with Gasteiger partial charge in [0.2, 0.25) is 0 Å². The molecule has 1 heterocycles. The van der Waals surface area contributed by atoms with Crippen molar-refractivity contribution in [3.63, 3.8) is 0 Å². The zero-order valence-corrected chi connectivity index (χ0v) is 10.7. The lowest BCUT2D eigenvalue weighted by Gasteiger charge is -2.37. The molecular weight excluding hydrogens is 214 g/mol. The molecule has 3 fully saturated rings. The number of esters is 1. The summed E-state index contributed by atoms with van der Waals surface area (Å²) < 4.78 is 5.96. The fourth-order valence-electron chi connectivity index (χ4n) is 4.18. The van der Waals surface area contributed by atoms with Crippen LogP contribution in [0.3, 0.4) is 0 Å². The third kappa shape index (κ3) is 1.88. The first kappa shape index (κ1) is 11.5. The first-order valence-electron chi connectivity index (χ1n) is 7.20. The number of hydrogen-bond donors (Lipinski definition) is 1. The van der Waals surface area contributed by atoms with Crippen molar-refractivity contribution in [1.82, 2.24) is 5.32 Å². The number of ether oxygens (including phenoxy) is 1. The van der Waals surface area contributed by atoms with Gasteiger partial charge in [0.1, 0.15) is 11.6 Å². The molecule has 1 saturated heterocycles. The summed E-state index contributed by atoms with van der Waals surface area (Å²) in [4.78, 5) is 12.2. The van der Waals surface area contributed by atoms with Gasteiger partial charge in [-0.25, -0.2) is 0 Å². The predicted molar refractivity (Wildman–Crippen MR) is 65.6 cm³/mol. The summed E-state index contributed by atoms with van der Waals surface area (Å²) in [5.74, 6) is 1.48. The molecule has 0 amide bonds. The second-order valence-corrected chi connectivity index (χ2v) is 6.07. The molecule has 3 nitrogen and oxygen atoms in total. The lowest BCUT2D eigenvalue weighted by atomic mass is 9.82. The number of nitrogens with one attached hydrogen (secondary N) is 1. The fraction of sp³-hybridized carbons (Fsp3) is 0.929. The van der Waals surface area contributed by atoms with E-state index in [0.717, 1.165) is 38.1 Å². The van der Waals surface area contributed by atoms with Crippen LogP contribution in [0.15, 0.2) is 0 Å². The molecule has 1 N–H and O–H groups in total. The van der Waals surface area contributed by atoms with Gasteiger partial charge < -0.3 is 10.1 Å². The van der Waals surface area contributed by atoms with Gasteiger partial charge in [0, 0.05) is 0 Å². The van der Waals surface area contributed by atoms with Gasteiger partial charge in [-0.2, -0.15) is 0 Å². The van der Waals surface area contributed by atoms with Crippen LogP contribution in [0, 0.1) is 11.8 Å². The highest BCUT2D eigenvalue weighted by Crippen LogP contribution is 2.54. The van der Waals surface area contributed by atoms with E-state index in [2.05, 4.69) is 12.2 Å². The van der Waals surface area contributed by atoms with Gasteiger partial charge in [-0.05, 0) is 63.3 Å². The van der Waals surface area contributed by atoms with Gasteiger partial charge in [0.25, 0.3) is 0 Å². The Morgan fingerprint density at radius 3 is 2.82 bits per heavy atom. The van der Waals surface area contributed by atoms with Crippen molar-refractivity contribution < 1.29 is 9.53 Å². The predicted octanol–water partition coefficient (Wildman–Crippen LogP) is 2.25. The number of carbonyl (C=O) groups excluding carboxylic acids is 1. The Morgan fingerprint density at radius 1 is 1.41 bits per heavy atom. The molecule has 1 aliphatic heterocycles. The van der Waals surface area contributed by atoms with Crippen LogP contribution >= 0.6 is 0 Å². The summed E-state index contributed by atoms with van der Waals surface area (Å²) >= 11 is 0. The highest BCUT2D eigenvalue weighted by molar-refractivity contribution is 5.76. The summed E-state index contributed by atoms with van der Waals surface area (Å²) in [5.41, 5.74) is -0.107. The maximum Gasteiger partial charge on any atom is 0.323 e. The van der Waals surface area contributed by atoms with Crippen molar-refractivity contribution in [1.29, 1.82) is 0 Å². The largest absolute Gasteiger partial charge is 0.458 e. The van der Waals surface area contributed by atoms with E-state index in [1.54, 1.807) is 0 Å². The molecule has 1 unspecified atom stereocenters. The van der Waals surface area contributed by atoms with E-state index in [-0.39, 0.29) is 17.6 Å². The molecule has 4 atom stereocenters. The van der Waals surface area contributed by atoms with Gasteiger partial charge >= 0.3 is 5.97 Å². The molecule has 3 heteroatoms. The SMILES string of the molecule is CC[C@@]1(OC(=O)C2CCCN2)C[C@H]2CC[C@@H]1C2. The molecule has 0 aromatic carbocycles. The minimum absolute atomic E-state index is 0.0110. The van der Waals surface area contributed by atoms with Gasteiger partial charge in [-0.3, -0.25) is 4.79 Å². The van der Waals surface area contributed by atoms with Gasteiger partial charge in [-0.1, -0.05) is 6.92 Å². The molecular formula is C14H23NO2. The molecule has 0 aromatic heterocycles. The topological polar surface area (TPSA) is 38.3 Å². The van der Waals surface area contributed by atoms with Crippen LogP contribution in [0.25, 0.3) is 0 Å². The first-order chi connectivity index (χ1) is 8.23. The molecule has 2 bridgehead atoms. The van der Waals surface area contributed by atoms with E-state index < -0.39 is 0 Å². The van der Waals surface area contributed by atoms with Gasteiger partial charge in [0.05, 0.1) is 0 Å². The Balaban J connectivity index is 1.67. The van der Waals surface area contributed by atoms with Crippen LogP contribution in [-0.4, -0.2) is 24.2 Å². The van der Waals surface area contributed by atoms with Gasteiger partial charge in [-0.15, -0.1) is 0 Å². The molecule has 0 radical (unpaired) electrons. The summed E-state index contributed by atoms with van der Waals surface area (Å²) in [7, 11) is 0. The monoisotopic (exact) mass is 237 g/mol. The Labute approximate surface area is 103 Å². The summed E-state index contributed by atoms with van der Waals surface area (Å²) in [5, 5.41) is 3.24. The zero-order chi connectivity index (χ0) is 11.9. The molecule has 17 heavy (non-hydrogen) atoms. The number of fused-ring (bicyclic) bond motifs is 2. The van der Waals surface area contributed by atoms with Crippen LogP contribution in [0.2, 0.25) is 0 Å². The van der Waals surface area contributed by atoms with E-state index in [0.29, 0.717) is 5.92 Å². The van der Waals surface area contributed by atoms with Crippen LogP contribution in [-0.2, 0) is 9.53 Å². The third-order valence-corrected chi connectivity index (χ3v) is 5.17. The van der Waals surface area contributed by atoms with Crippen molar-refractivity contribution in [2.24, 2.45) is 11.8 Å². The Morgan fingerprint density at radius 2 is 2.29 bits per heavy atom. The van der Waals surface area contributed by atoms with Crippen LogP contribution in [0.5, 0.6) is 0 Å². The fourth-order valence-corrected chi connectivity index (χ4v) is 4.18. The smallest absolute Gasteiger partial charge is 0.323 e. The highest BCUT2D eigenvalue weighted by Gasteiger charge is 2.53. The Hall–Kier alpha value is -0.570. The van der Waals surface area contributed by atoms with E-state index >= 15 is 0 Å². The third-order valence-electron chi connectivity index (χ3n) is 5.17. The van der Waals surface area contributed by atoms with Crippen molar-refractivity contribution in [2.75, 3.05) is 6.54 Å². The zero-order valence-electron chi connectivity index (χ0n) is 10.7. The number of carbonyl (C=O) groups is 1. The number of rotatable bonds is 3. The van der Waals surface area contributed by atoms with Crippen LogP contribution in [0.1, 0.15) is 51.9 Å². The average Bonchev–Trinajstić information content (AvgIpc) is 3.05. The Bertz CT molecular complexity index is 311. The molecule has 2 aliphatic carbocycles. The molecule has 3 aliphatic rings. The summed E-state index contributed by atoms with van der Waals surface area (Å²) in [6.07, 6.45) is 8.08. The van der Waals surface area contributed by atoms with Crippen LogP contribution in [0.4, 0.5) is 0 Å². The quantitative estimate of drug-likeness (QED) is 0.765. The lowest BCUT2D eigenvalue weighted by molar-refractivity contribution is -0.168. The Kier molecular flexibility index (Phi) is 2.89. The normalized spacial score (nSPS) is 44.2. The molecule has 0 aromatic rings. The summed E-state index contributed by atoms with van der Waals surface area (Å²) in [6, 6.07) is -0.0300. The number of hydrogen-bond acceptors (Lipinski definition) is 3. The molecule has 3 rings (SSSR count). The second-order valence-electron chi connectivity index (χ2n) is 6.07. The molecule has 0 spiro atoms. The maximum absolute atomic E-state index is 12.2. The standard InChI is InChI=1S/C14H23NO2/c1-2-14(9-10-5-6-11(14)8-10)17-13(16)12-4-3-7-15-12/h10-12,15H,2-9H2,1H3/t10-,11+,12?,14+/m0/s1. The summed E-state index contributed by atoms with van der Waals surface area (Å²) in [6.45, 7) is 3.14. The van der Waals surface area contributed by atoms with E-state index in [1.165, 1.54) is 19.3 Å². The van der Waals surface area contributed by atoms with E-state index in [4.69, 9.17) is 4.74 Å². The van der Waals surface area contributed by atoms with E-state index in [1.807, 2.05) is 0 Å². The molecule has 96 valence electrons. The lowest BCUT2D eigenvalue weighted by Crippen LogP contribution is -2.44. The van der Waals surface area contributed by atoms with Gasteiger partial charge in [0.15, 0.2) is 0 Å². The van der Waals surface area contributed by atoms with Crippen molar-refractivity contribution in [3.8, 4) is 0 Å². The van der Waals surface area contributed by atoms with Crippen molar-refractivity contribution in [3.05, 3.63) is 0 Å². The van der Waals surface area contributed by atoms with Crippen LogP contribution < -0.4 is 5.32 Å². The minimum atomic E-state index is -0.107. The maximum atomic E-state index is 12.2. The first-order valence-corrected chi connectivity index (χ1v) is 7.20. The van der Waals surface area contributed by atoms with E-state index in [9.17, 15) is 4.79 Å². The highest BCUT2D eigenvalue weighted by atomic mass is 16.6. The molecule has 2 saturated carbocycles. The van der Waals surface area contributed by atoms with Crippen molar-refractivity contribution in [2.45, 2.75) is 63.5 Å². The minimum Gasteiger partial charge on any atom is -0.458 e. The average molecular weight is 237 g/mol. The second kappa shape index (κ2) is 4.27. The van der Waals surface area contributed by atoms with Crippen molar-refractivity contribution >= 4 is 5.97 Å².